The van der Waals surface area contributed by atoms with Gasteiger partial charge in [-0.05, 0) is 43.7 Å². The third kappa shape index (κ3) is 4.00. The molecule has 0 aromatic carbocycles. The number of fused-ring (bicyclic) bond motifs is 1. The molecule has 1 heterocycles. The fourth-order valence-electron chi connectivity index (χ4n) is 3.82. The third-order valence-electron chi connectivity index (χ3n) is 5.27. The highest BCUT2D eigenvalue weighted by Gasteiger charge is 2.29. The van der Waals surface area contributed by atoms with Crippen LogP contribution in [0.4, 0.5) is 0 Å². The van der Waals surface area contributed by atoms with Crippen molar-refractivity contribution in [2.24, 2.45) is 5.92 Å². The molecule has 4 nitrogen and oxygen atoms in total. The van der Waals surface area contributed by atoms with E-state index in [0.717, 1.165) is 37.0 Å². The lowest BCUT2D eigenvalue weighted by Crippen LogP contribution is -2.40. The van der Waals surface area contributed by atoms with E-state index in [2.05, 4.69) is 5.32 Å². The Bertz CT molecular complexity index is 601. The molecule has 1 saturated carbocycles. The van der Waals surface area contributed by atoms with Crippen LogP contribution in [-0.4, -0.2) is 36.9 Å². The maximum Gasteiger partial charge on any atom is 0.263 e. The van der Waals surface area contributed by atoms with Gasteiger partial charge in [0.05, 0.1) is 4.88 Å². The van der Waals surface area contributed by atoms with Crippen LogP contribution in [-0.2, 0) is 17.6 Å². The zero-order valence-corrected chi connectivity index (χ0v) is 15.6. The van der Waals surface area contributed by atoms with E-state index in [1.165, 1.54) is 36.1 Å². The Hall–Kier alpha value is -1.36. The first kappa shape index (κ1) is 17.5. The van der Waals surface area contributed by atoms with Crippen LogP contribution < -0.4 is 5.32 Å². The normalized spacial score (nSPS) is 21.7. The number of carbonyl (C=O) groups is 2. The lowest BCUT2D eigenvalue weighted by atomic mass is 9.87. The van der Waals surface area contributed by atoms with Crippen LogP contribution in [0.3, 0.4) is 0 Å². The Labute approximate surface area is 148 Å². The molecule has 1 N–H and O–H groups in total. The zero-order valence-electron chi connectivity index (χ0n) is 14.8. The van der Waals surface area contributed by atoms with Crippen molar-refractivity contribution < 1.29 is 9.59 Å². The zero-order chi connectivity index (χ0) is 17.1. The Morgan fingerprint density at radius 1 is 1.12 bits per heavy atom. The number of hydrogen-bond acceptors (Lipinski definition) is 3. The summed E-state index contributed by atoms with van der Waals surface area (Å²) in [6, 6.07) is 2.38. The van der Waals surface area contributed by atoms with Crippen molar-refractivity contribution in [3.63, 3.8) is 0 Å². The number of nitrogens with zero attached hydrogens (tertiary/aromatic N) is 1. The van der Waals surface area contributed by atoms with Gasteiger partial charge in [0.2, 0.25) is 5.91 Å². The maximum absolute atomic E-state index is 12.7. The van der Waals surface area contributed by atoms with E-state index >= 15 is 0 Å². The summed E-state index contributed by atoms with van der Waals surface area (Å²) in [5, 5.41) is 3.30. The number of aryl methyl sites for hydroxylation is 1. The van der Waals surface area contributed by atoms with Crippen molar-refractivity contribution in [3.05, 3.63) is 21.4 Å². The molecule has 1 fully saturated rings. The van der Waals surface area contributed by atoms with Gasteiger partial charge in [-0.15, -0.1) is 11.3 Å². The van der Waals surface area contributed by atoms with E-state index in [4.69, 9.17) is 0 Å². The molecule has 2 aliphatic carbocycles. The van der Waals surface area contributed by atoms with Gasteiger partial charge in [0, 0.05) is 30.9 Å². The van der Waals surface area contributed by atoms with Crippen molar-refractivity contribution in [3.8, 4) is 0 Å². The maximum atomic E-state index is 12.7. The highest BCUT2D eigenvalue weighted by Crippen LogP contribution is 2.33. The van der Waals surface area contributed by atoms with Gasteiger partial charge in [-0.2, -0.15) is 0 Å². The SMILES string of the molecule is CN(C)C(=O)c1cc2c(s1)CCC(C(=O)NC1CCCCCC1)C2. The molecular weight excluding hydrogens is 320 g/mol. The van der Waals surface area contributed by atoms with Crippen LogP contribution in [0.1, 0.15) is 65.1 Å². The highest BCUT2D eigenvalue weighted by molar-refractivity contribution is 7.14. The molecular formula is C19H28N2O2S. The first-order chi connectivity index (χ1) is 11.5. The molecule has 1 aromatic heterocycles. The molecule has 0 radical (unpaired) electrons. The van der Waals surface area contributed by atoms with E-state index in [-0.39, 0.29) is 17.7 Å². The van der Waals surface area contributed by atoms with Crippen LogP contribution >= 0.6 is 11.3 Å². The van der Waals surface area contributed by atoms with Crippen molar-refractivity contribution in [2.45, 2.75) is 63.8 Å². The Morgan fingerprint density at radius 3 is 2.50 bits per heavy atom. The second-order valence-corrected chi connectivity index (χ2v) is 8.53. The number of carbonyl (C=O) groups excluding carboxylic acids is 2. The molecule has 3 rings (SSSR count). The predicted octanol–water partition coefficient (Wildman–Crippen LogP) is 3.39. The standard InChI is InChI=1S/C19H28N2O2S/c1-21(2)19(23)17-12-14-11-13(9-10-16(14)24-17)18(22)20-15-7-5-3-4-6-8-15/h12-13,15H,3-11H2,1-2H3,(H,20,22). The molecule has 0 aliphatic heterocycles. The number of hydrogen-bond donors (Lipinski definition) is 1. The lowest BCUT2D eigenvalue weighted by Gasteiger charge is -2.24. The molecule has 0 spiro atoms. The van der Waals surface area contributed by atoms with Crippen molar-refractivity contribution in [2.75, 3.05) is 14.1 Å². The average molecular weight is 349 g/mol. The summed E-state index contributed by atoms with van der Waals surface area (Å²) in [4.78, 5) is 28.5. The van der Waals surface area contributed by atoms with Gasteiger partial charge in [0.25, 0.3) is 5.91 Å². The lowest BCUT2D eigenvalue weighted by molar-refractivity contribution is -0.126. The second-order valence-electron chi connectivity index (χ2n) is 7.40. The summed E-state index contributed by atoms with van der Waals surface area (Å²) in [6.07, 6.45) is 9.94. The van der Waals surface area contributed by atoms with Crippen LogP contribution in [0.15, 0.2) is 6.07 Å². The third-order valence-corrected chi connectivity index (χ3v) is 6.50. The molecule has 2 aliphatic rings. The molecule has 132 valence electrons. The summed E-state index contributed by atoms with van der Waals surface area (Å²) in [6.45, 7) is 0. The molecule has 1 aromatic rings. The first-order valence-corrected chi connectivity index (χ1v) is 10.00. The fraction of sp³-hybridized carbons (Fsp3) is 0.684. The minimum atomic E-state index is 0.0638. The summed E-state index contributed by atoms with van der Waals surface area (Å²) in [7, 11) is 3.56. The van der Waals surface area contributed by atoms with Crippen molar-refractivity contribution in [1.29, 1.82) is 0 Å². The number of thiophene rings is 1. The average Bonchev–Trinajstić information content (AvgIpc) is 2.82. The molecule has 0 bridgehead atoms. The molecule has 1 unspecified atom stereocenters. The van der Waals surface area contributed by atoms with Gasteiger partial charge >= 0.3 is 0 Å². The molecule has 24 heavy (non-hydrogen) atoms. The van der Waals surface area contributed by atoms with Crippen molar-refractivity contribution in [1.82, 2.24) is 10.2 Å². The van der Waals surface area contributed by atoms with E-state index < -0.39 is 0 Å². The quantitative estimate of drug-likeness (QED) is 0.851. The molecule has 0 saturated heterocycles. The molecule has 5 heteroatoms. The Balaban J connectivity index is 1.61. The smallest absolute Gasteiger partial charge is 0.263 e. The van der Waals surface area contributed by atoms with E-state index in [0.29, 0.717) is 6.04 Å². The van der Waals surface area contributed by atoms with E-state index in [1.807, 2.05) is 6.07 Å². The fourth-order valence-corrected chi connectivity index (χ4v) is 5.05. The van der Waals surface area contributed by atoms with Gasteiger partial charge < -0.3 is 10.2 Å². The van der Waals surface area contributed by atoms with E-state index in [9.17, 15) is 9.59 Å². The van der Waals surface area contributed by atoms with Gasteiger partial charge in [-0.3, -0.25) is 9.59 Å². The minimum Gasteiger partial charge on any atom is -0.353 e. The Kier molecular flexibility index (Phi) is 5.59. The second kappa shape index (κ2) is 7.68. The summed E-state index contributed by atoms with van der Waals surface area (Å²) < 4.78 is 0. The van der Waals surface area contributed by atoms with Crippen LogP contribution in [0.2, 0.25) is 0 Å². The highest BCUT2D eigenvalue weighted by atomic mass is 32.1. The van der Waals surface area contributed by atoms with Crippen molar-refractivity contribution >= 4 is 23.2 Å². The molecule has 2 amide bonds. The van der Waals surface area contributed by atoms with E-state index in [1.54, 1.807) is 30.3 Å². The van der Waals surface area contributed by atoms with Crippen LogP contribution in [0, 0.1) is 5.92 Å². The van der Waals surface area contributed by atoms with Gasteiger partial charge in [0.1, 0.15) is 0 Å². The number of rotatable bonds is 3. The Morgan fingerprint density at radius 2 is 1.83 bits per heavy atom. The minimum absolute atomic E-state index is 0.0638. The number of nitrogens with one attached hydrogen (secondary N) is 1. The summed E-state index contributed by atoms with van der Waals surface area (Å²) >= 11 is 1.60. The summed E-state index contributed by atoms with van der Waals surface area (Å²) in [5.41, 5.74) is 1.21. The van der Waals surface area contributed by atoms with Gasteiger partial charge in [0.15, 0.2) is 0 Å². The largest absolute Gasteiger partial charge is 0.353 e. The van der Waals surface area contributed by atoms with Gasteiger partial charge in [-0.25, -0.2) is 0 Å². The van der Waals surface area contributed by atoms with Crippen LogP contribution in [0.5, 0.6) is 0 Å². The first-order valence-electron chi connectivity index (χ1n) is 9.18. The summed E-state index contributed by atoms with van der Waals surface area (Å²) in [5.74, 6) is 0.353. The topological polar surface area (TPSA) is 49.4 Å². The monoisotopic (exact) mass is 348 g/mol. The predicted molar refractivity (Wildman–Crippen MR) is 97.5 cm³/mol. The molecule has 1 atom stereocenters. The van der Waals surface area contributed by atoms with Gasteiger partial charge in [-0.1, -0.05) is 25.7 Å². The number of amides is 2. The van der Waals surface area contributed by atoms with Crippen LogP contribution in [0.25, 0.3) is 0 Å².